The molecule has 2 aromatic rings. The molecule has 5 nitrogen and oxygen atoms in total. The first-order valence-corrected chi connectivity index (χ1v) is 9.57. The number of carbonyl (C=O) groups excluding carboxylic acids is 2. The molecule has 0 saturated heterocycles. The molecule has 1 atom stereocenters. The Labute approximate surface area is 165 Å². The zero-order valence-corrected chi connectivity index (χ0v) is 16.4. The minimum absolute atomic E-state index is 0.133. The molecule has 0 fully saturated rings. The van der Waals surface area contributed by atoms with E-state index in [4.69, 9.17) is 4.74 Å². The summed E-state index contributed by atoms with van der Waals surface area (Å²) in [6.45, 7) is 6.83. The van der Waals surface area contributed by atoms with Gasteiger partial charge in [0.2, 0.25) is 0 Å². The molecule has 0 radical (unpaired) electrons. The monoisotopic (exact) mass is 376 g/mol. The molecule has 0 saturated carbocycles. The topological polar surface area (TPSA) is 58.6 Å². The third-order valence-corrected chi connectivity index (χ3v) is 5.40. The van der Waals surface area contributed by atoms with Crippen LogP contribution in [-0.4, -0.2) is 23.5 Å². The second-order valence-corrected chi connectivity index (χ2v) is 7.71. The average molecular weight is 376 g/mol. The summed E-state index contributed by atoms with van der Waals surface area (Å²) in [5.74, 6) is 0.0630. The van der Waals surface area contributed by atoms with Crippen molar-refractivity contribution in [1.82, 2.24) is 10.2 Å². The summed E-state index contributed by atoms with van der Waals surface area (Å²) in [6.07, 6.45) is 0. The van der Waals surface area contributed by atoms with E-state index in [9.17, 15) is 9.59 Å². The van der Waals surface area contributed by atoms with Crippen molar-refractivity contribution in [2.45, 2.75) is 39.3 Å². The van der Waals surface area contributed by atoms with Gasteiger partial charge < -0.3 is 10.1 Å². The number of hydrogen-bond acceptors (Lipinski definition) is 3. The third kappa shape index (κ3) is 3.28. The number of nitrogens with one attached hydrogen (secondary N) is 1. The maximum Gasteiger partial charge on any atom is 0.338 e. The molecule has 2 aromatic carbocycles. The highest BCUT2D eigenvalue weighted by Crippen LogP contribution is 2.36. The Hall–Kier alpha value is -3.08. The number of aryl methyl sites for hydroxylation is 1. The maximum absolute atomic E-state index is 12.9. The van der Waals surface area contributed by atoms with Crippen LogP contribution in [0.25, 0.3) is 0 Å². The highest BCUT2D eigenvalue weighted by molar-refractivity contribution is 5.97. The first-order valence-electron chi connectivity index (χ1n) is 9.57. The molecule has 4 rings (SSSR count). The molecule has 5 heteroatoms. The van der Waals surface area contributed by atoms with Gasteiger partial charge in [0.05, 0.1) is 23.9 Å². The highest BCUT2D eigenvalue weighted by atomic mass is 16.5. The van der Waals surface area contributed by atoms with Crippen LogP contribution in [0.1, 0.15) is 48.1 Å². The van der Waals surface area contributed by atoms with Crippen LogP contribution in [0.4, 0.5) is 4.79 Å². The molecule has 0 spiro atoms. The molecule has 2 amide bonds. The maximum atomic E-state index is 12.9. The summed E-state index contributed by atoms with van der Waals surface area (Å²) >= 11 is 0. The Balaban J connectivity index is 1.67. The van der Waals surface area contributed by atoms with E-state index in [1.54, 1.807) is 4.90 Å². The normalized spacial score (nSPS) is 19.0. The predicted octanol–water partition coefficient (Wildman–Crippen LogP) is 4.20. The van der Waals surface area contributed by atoms with E-state index >= 15 is 0 Å². The van der Waals surface area contributed by atoms with Crippen LogP contribution < -0.4 is 5.32 Å². The molecule has 0 bridgehead atoms. The number of cyclic esters (lactones) is 1. The van der Waals surface area contributed by atoms with Crippen molar-refractivity contribution in [1.29, 1.82) is 0 Å². The first-order chi connectivity index (χ1) is 13.4. The summed E-state index contributed by atoms with van der Waals surface area (Å²) in [7, 11) is 0. The zero-order valence-electron chi connectivity index (χ0n) is 16.4. The lowest BCUT2D eigenvalue weighted by Gasteiger charge is -2.33. The van der Waals surface area contributed by atoms with E-state index in [2.05, 4.69) is 19.2 Å². The Morgan fingerprint density at radius 1 is 1.07 bits per heavy atom. The van der Waals surface area contributed by atoms with E-state index in [0.717, 1.165) is 16.7 Å². The number of urea groups is 1. The zero-order chi connectivity index (χ0) is 19.8. The number of nitrogens with zero attached hydrogens (tertiary/aromatic N) is 1. The van der Waals surface area contributed by atoms with Crippen molar-refractivity contribution in [3.05, 3.63) is 82.1 Å². The molecule has 2 aliphatic rings. The van der Waals surface area contributed by atoms with E-state index in [-0.39, 0.29) is 18.6 Å². The van der Waals surface area contributed by atoms with Gasteiger partial charge in [-0.05, 0) is 29.5 Å². The Bertz CT molecular complexity index is 943. The van der Waals surface area contributed by atoms with Crippen LogP contribution in [0.15, 0.2) is 59.8 Å². The third-order valence-electron chi connectivity index (χ3n) is 5.40. The highest BCUT2D eigenvalue weighted by Gasteiger charge is 2.42. The number of rotatable bonds is 4. The van der Waals surface area contributed by atoms with Gasteiger partial charge in [-0.1, -0.05) is 67.9 Å². The molecule has 0 unspecified atom stereocenters. The average Bonchev–Trinajstić information content (AvgIpc) is 3.07. The smallest absolute Gasteiger partial charge is 0.338 e. The van der Waals surface area contributed by atoms with Crippen molar-refractivity contribution in [2.75, 3.05) is 6.61 Å². The number of hydrogen-bond donors (Lipinski definition) is 1. The minimum atomic E-state index is -0.479. The fraction of sp³-hybridized carbons (Fsp3) is 0.304. The van der Waals surface area contributed by atoms with Gasteiger partial charge in [-0.2, -0.15) is 0 Å². The number of carbonyl (C=O) groups is 2. The first kappa shape index (κ1) is 18.3. The van der Waals surface area contributed by atoms with Crippen molar-refractivity contribution in [2.24, 2.45) is 0 Å². The largest absolute Gasteiger partial charge is 0.456 e. The molecule has 2 aliphatic heterocycles. The lowest BCUT2D eigenvalue weighted by Crippen LogP contribution is -2.46. The number of ether oxygens (including phenoxy) is 1. The van der Waals surface area contributed by atoms with Crippen LogP contribution in [0.3, 0.4) is 0 Å². The number of esters is 1. The SMILES string of the molecule is Cc1ccc(CN2C(=O)N[C@@H](c3ccc(C(C)C)cc3)C3=C2COC3=O)cc1. The van der Waals surface area contributed by atoms with E-state index < -0.39 is 6.04 Å². The molecule has 0 aromatic heterocycles. The van der Waals surface area contributed by atoms with Gasteiger partial charge in [0.15, 0.2) is 0 Å². The minimum Gasteiger partial charge on any atom is -0.456 e. The fourth-order valence-electron chi connectivity index (χ4n) is 3.68. The van der Waals surface area contributed by atoms with Gasteiger partial charge >= 0.3 is 12.0 Å². The molecule has 144 valence electrons. The fourth-order valence-corrected chi connectivity index (χ4v) is 3.68. The summed E-state index contributed by atoms with van der Waals surface area (Å²) in [4.78, 5) is 27.0. The Morgan fingerprint density at radius 3 is 2.39 bits per heavy atom. The van der Waals surface area contributed by atoms with Crippen molar-refractivity contribution in [3.8, 4) is 0 Å². The van der Waals surface area contributed by atoms with Crippen molar-refractivity contribution in [3.63, 3.8) is 0 Å². The number of amides is 2. The van der Waals surface area contributed by atoms with Crippen LogP contribution in [-0.2, 0) is 16.1 Å². The molecule has 28 heavy (non-hydrogen) atoms. The van der Waals surface area contributed by atoms with Gasteiger partial charge in [-0.15, -0.1) is 0 Å². The molecular weight excluding hydrogens is 352 g/mol. The summed E-state index contributed by atoms with van der Waals surface area (Å²) in [5, 5.41) is 2.99. The van der Waals surface area contributed by atoms with E-state index in [1.165, 1.54) is 5.56 Å². The second-order valence-electron chi connectivity index (χ2n) is 7.71. The Morgan fingerprint density at radius 2 is 1.75 bits per heavy atom. The summed E-state index contributed by atoms with van der Waals surface area (Å²) < 4.78 is 5.30. The second kappa shape index (κ2) is 7.15. The van der Waals surface area contributed by atoms with Crippen LogP contribution in [0, 0.1) is 6.92 Å². The van der Waals surface area contributed by atoms with Gasteiger partial charge in [0, 0.05) is 0 Å². The summed E-state index contributed by atoms with van der Waals surface area (Å²) in [5.41, 5.74) is 5.47. The molecular formula is C23H24N2O3. The predicted molar refractivity (Wildman–Crippen MR) is 107 cm³/mol. The van der Waals surface area contributed by atoms with Crippen molar-refractivity contribution < 1.29 is 14.3 Å². The molecule has 0 aliphatic carbocycles. The molecule has 1 N–H and O–H groups in total. The van der Waals surface area contributed by atoms with Crippen LogP contribution >= 0.6 is 0 Å². The quantitative estimate of drug-likeness (QED) is 0.814. The standard InChI is InChI=1S/C23H24N2O3/c1-14(2)17-8-10-18(11-9-17)21-20-19(13-28-22(20)26)25(23(27)24-21)12-16-6-4-15(3)5-7-16/h4-11,14,21H,12-13H2,1-3H3,(H,24,27)/t21-/m0/s1. The lowest BCUT2D eigenvalue weighted by atomic mass is 9.93. The molecule has 2 heterocycles. The summed E-state index contributed by atoms with van der Waals surface area (Å²) in [6, 6.07) is 15.4. The van der Waals surface area contributed by atoms with E-state index in [1.807, 2.05) is 55.5 Å². The van der Waals surface area contributed by atoms with Gasteiger partial charge in [0.1, 0.15) is 6.61 Å². The van der Waals surface area contributed by atoms with Gasteiger partial charge in [-0.25, -0.2) is 9.59 Å². The lowest BCUT2D eigenvalue weighted by molar-refractivity contribution is -0.136. The van der Waals surface area contributed by atoms with Gasteiger partial charge in [-0.3, -0.25) is 4.90 Å². The Kier molecular flexibility index (Phi) is 4.67. The number of benzene rings is 2. The van der Waals surface area contributed by atoms with Crippen LogP contribution in [0.5, 0.6) is 0 Å². The van der Waals surface area contributed by atoms with Crippen LogP contribution in [0.2, 0.25) is 0 Å². The van der Waals surface area contributed by atoms with Gasteiger partial charge in [0.25, 0.3) is 0 Å². The van der Waals surface area contributed by atoms with Crippen molar-refractivity contribution >= 4 is 12.0 Å². The van der Waals surface area contributed by atoms with E-state index in [0.29, 0.717) is 23.7 Å².